The minimum atomic E-state index is -2.15. The van der Waals surface area contributed by atoms with Crippen molar-refractivity contribution in [3.05, 3.63) is 80.7 Å². The summed E-state index contributed by atoms with van der Waals surface area (Å²) in [7, 11) is 1.15. The second kappa shape index (κ2) is 29.5. The van der Waals surface area contributed by atoms with Crippen LogP contribution in [0.4, 0.5) is 4.79 Å². The van der Waals surface area contributed by atoms with Crippen LogP contribution in [0, 0.1) is 51.0 Å². The second-order valence-electron chi connectivity index (χ2n) is 29.0. The van der Waals surface area contributed by atoms with Crippen LogP contribution in [0.2, 0.25) is 0 Å². The van der Waals surface area contributed by atoms with E-state index >= 15 is 4.79 Å². The van der Waals surface area contributed by atoms with Crippen LogP contribution in [0.3, 0.4) is 0 Å². The highest BCUT2D eigenvalue weighted by Crippen LogP contribution is 2.61. The minimum Gasteiger partial charge on any atom is -0.511 e. The Morgan fingerprint density at radius 2 is 1.34 bits per heavy atom. The molecule has 0 aromatic carbocycles. The van der Waals surface area contributed by atoms with Gasteiger partial charge in [0.2, 0.25) is 11.3 Å². The third-order valence-electron chi connectivity index (χ3n) is 22.1. The highest BCUT2D eigenvalue weighted by atomic mass is 16.8. The lowest BCUT2D eigenvalue weighted by Crippen LogP contribution is -2.65. The molecular formula is C70H100N2O24. The van der Waals surface area contributed by atoms with Gasteiger partial charge >= 0.3 is 18.0 Å². The molecule has 4 aliphatic carbocycles. The smallest absolute Gasteiger partial charge is 0.407 e. The van der Waals surface area contributed by atoms with Gasteiger partial charge in [-0.3, -0.25) is 24.5 Å². The average Bonchev–Trinajstić information content (AvgIpc) is 1.48. The molecule has 2 bridgehead atoms. The molecule has 26 nitrogen and oxygen atoms in total. The molecule has 0 aromatic heterocycles. The van der Waals surface area contributed by atoms with E-state index in [-0.39, 0.29) is 49.7 Å². The van der Waals surface area contributed by atoms with Gasteiger partial charge in [-0.1, -0.05) is 62.8 Å². The van der Waals surface area contributed by atoms with Gasteiger partial charge in [0.15, 0.2) is 48.9 Å². The summed E-state index contributed by atoms with van der Waals surface area (Å²) in [6.07, 6.45) is -1.47. The summed E-state index contributed by atoms with van der Waals surface area (Å²) in [6.45, 7) is 22.5. The van der Waals surface area contributed by atoms with Crippen LogP contribution in [0.1, 0.15) is 154 Å². The third-order valence-corrected chi connectivity index (χ3v) is 22.1. The summed E-state index contributed by atoms with van der Waals surface area (Å²) in [5, 5.41) is 62.5. The van der Waals surface area contributed by atoms with E-state index in [4.69, 9.17) is 61.6 Å². The molecule has 5 N–H and O–H groups in total. The molecule has 0 unspecified atom stereocenters. The van der Waals surface area contributed by atoms with Gasteiger partial charge in [-0.05, 0) is 116 Å². The minimum absolute atomic E-state index is 0.110. The standard InChI is InChI=1S/C70H100N2O24/c1-32-15-21-50(91-57-31-68(12,72(82)83)63(41(10)89-57)71-67(81)84-14)33(2)26-46-48(76)27-43(17-16-36(5)73)30-70(46)65(79)58(66(80)96-70)64(78)69(13)45(32)19-18-44-59(69)34(3)25-35(4)60(44)95-56-29-52(62(40(9)88-56)90-42(11)74)93-53-24-22-51(38(7)86-53)92-55-28-49(77)61(39(8)87-55)94-54-23-20-47(75)37(6)85-54/h15-19,26-27,34-35,37-41,44-57,59-63,75-78H,20-25,28-31H2,1-14H3,(H,71,81)/b17-16+,32-15+,33-26+,64-58+/t34-,35-,37-,38-,39-,40-,41+,44-,45-,46+,47+,48-,49+,50-,51+,52+,53-,54-,55+,56-,57-,59+,60-,61-,62-,63-,68-,69+,70-/m0/s1. The first-order valence-electron chi connectivity index (χ1n) is 34.2. The number of nitrogens with zero attached hydrogens (tertiary/aromatic N) is 1. The van der Waals surface area contributed by atoms with Crippen LogP contribution >= 0.6 is 0 Å². The topological polar surface area (TPSA) is 341 Å². The van der Waals surface area contributed by atoms with Crippen molar-refractivity contribution in [1.82, 2.24) is 5.32 Å². The fraction of sp³-hybridized carbons (Fsp3) is 0.757. The summed E-state index contributed by atoms with van der Waals surface area (Å²) in [6, 6.07) is -1.12. The van der Waals surface area contributed by atoms with Crippen molar-refractivity contribution >= 4 is 29.6 Å². The van der Waals surface area contributed by atoms with Gasteiger partial charge < -0.3 is 87.3 Å². The molecule has 1 spiro atoms. The molecule has 10 rings (SSSR count). The summed E-state index contributed by atoms with van der Waals surface area (Å²) < 4.78 is 81.9. The molecule has 0 radical (unpaired) electrons. The van der Waals surface area contributed by atoms with Gasteiger partial charge in [0, 0.05) is 68.1 Å². The zero-order valence-corrected chi connectivity index (χ0v) is 57.5. The molecule has 1 amide bonds. The maximum absolute atomic E-state index is 15.8. The van der Waals surface area contributed by atoms with Gasteiger partial charge in [-0.25, -0.2) is 9.59 Å². The number of esters is 2. The molecule has 534 valence electrons. The summed E-state index contributed by atoms with van der Waals surface area (Å²) in [4.78, 5) is 80.8. The van der Waals surface area contributed by atoms with Gasteiger partial charge in [0.25, 0.3) is 0 Å². The number of carbonyl (C=O) groups excluding carboxylic acids is 5. The molecule has 0 aromatic rings. The number of hydrogen-bond acceptors (Lipinski definition) is 24. The van der Waals surface area contributed by atoms with E-state index in [9.17, 15) is 49.7 Å². The maximum atomic E-state index is 15.8. The summed E-state index contributed by atoms with van der Waals surface area (Å²) in [5.41, 5.74) is -4.46. The van der Waals surface area contributed by atoms with Gasteiger partial charge in [-0.2, -0.15) is 0 Å². The van der Waals surface area contributed by atoms with E-state index < -0.39 is 203 Å². The van der Waals surface area contributed by atoms with Gasteiger partial charge in [0.1, 0.15) is 29.6 Å². The highest BCUT2D eigenvalue weighted by molar-refractivity contribution is 6.26. The molecule has 29 atom stereocenters. The normalized spacial score (nSPS) is 47.1. The lowest BCUT2D eigenvalue weighted by molar-refractivity contribution is -0.584. The molecular weight excluding hydrogens is 1250 g/mol. The molecule has 6 aliphatic heterocycles. The Balaban J connectivity index is 0.920. The Morgan fingerprint density at radius 1 is 0.708 bits per heavy atom. The first kappa shape index (κ1) is 73.4. The fourth-order valence-electron chi connectivity index (χ4n) is 17.2. The summed E-state index contributed by atoms with van der Waals surface area (Å²) in [5.74, 6) is -6.63. The number of ketones is 2. The zero-order chi connectivity index (χ0) is 69.8. The van der Waals surface area contributed by atoms with E-state index in [1.807, 2.05) is 39.8 Å². The number of ether oxygens (including phenoxy) is 13. The number of aliphatic hydroxyl groups excluding tert-OH is 4. The molecule has 26 heteroatoms. The van der Waals surface area contributed by atoms with Crippen molar-refractivity contribution in [2.24, 2.45) is 40.9 Å². The number of carbonyl (C=O) groups is 5. The summed E-state index contributed by atoms with van der Waals surface area (Å²) >= 11 is 0. The Kier molecular flexibility index (Phi) is 22.5. The van der Waals surface area contributed by atoms with Crippen LogP contribution in [-0.4, -0.2) is 196 Å². The number of fused-ring (bicyclic) bond motifs is 4. The first-order valence-corrected chi connectivity index (χ1v) is 34.2. The van der Waals surface area contributed by atoms with E-state index in [1.165, 1.54) is 39.0 Å². The van der Waals surface area contributed by atoms with E-state index in [2.05, 4.69) is 25.2 Å². The van der Waals surface area contributed by atoms with Crippen molar-refractivity contribution in [3.8, 4) is 0 Å². The maximum Gasteiger partial charge on any atom is 0.407 e. The quantitative estimate of drug-likeness (QED) is 0.0204. The number of aliphatic hydroxyl groups is 4. The zero-order valence-electron chi connectivity index (χ0n) is 57.5. The van der Waals surface area contributed by atoms with Crippen LogP contribution < -0.4 is 5.32 Å². The van der Waals surface area contributed by atoms with Crippen molar-refractivity contribution < 1.29 is 111 Å². The van der Waals surface area contributed by atoms with Crippen molar-refractivity contribution in [1.29, 1.82) is 0 Å². The number of allylic oxidation sites excluding steroid dienone is 5. The average molecular weight is 1350 g/mol. The number of methoxy groups -OCH3 is 1. The largest absolute Gasteiger partial charge is 0.511 e. The number of nitro groups is 1. The number of amides is 1. The van der Waals surface area contributed by atoms with Crippen LogP contribution in [0.25, 0.3) is 0 Å². The van der Waals surface area contributed by atoms with E-state index in [1.54, 1.807) is 33.8 Å². The molecule has 7 fully saturated rings. The Bertz CT molecular complexity index is 3100. The van der Waals surface area contributed by atoms with Crippen LogP contribution in [0.15, 0.2) is 70.6 Å². The van der Waals surface area contributed by atoms with Crippen LogP contribution in [0.5, 0.6) is 0 Å². The molecule has 6 saturated heterocycles. The van der Waals surface area contributed by atoms with E-state index in [0.29, 0.717) is 43.3 Å². The Morgan fingerprint density at radius 3 is 2.00 bits per heavy atom. The SMILES string of the molecule is COC(=O)N[C@H]1[C@@H](C)O[C@@H](O[C@H]2C/C=C(\C)[C@@H]3C=C[C@@H]4[C@@H](O[C@H]5C[C@@H](O[C@H]6CC[C@@H](O[C@@H]7C[C@@H](O)[C@@H](O[C@H]8CC[C@@H](O)[C@H](C)O8)[C@H](C)O7)[C@H](C)O6)[C@@H](OC(C)=O)[C@H](C)O5)[C@@H](C)C[C@H](C)[C@H]4[C@]3(C)/C(O)=C3\C(=O)O[C@]4(CC(/C=C/C(C)=O)=C[C@H](O)[C@H]4/C=C/2C)C3=O)C[C@]1(C)[N+](=O)[O-]. The van der Waals surface area contributed by atoms with Crippen molar-refractivity contribution in [2.45, 2.75) is 288 Å². The first-order chi connectivity index (χ1) is 45.3. The fourth-order valence-corrected chi connectivity index (χ4v) is 17.2. The predicted molar refractivity (Wildman–Crippen MR) is 339 cm³/mol. The number of nitrogens with one attached hydrogen (secondary N) is 1. The monoisotopic (exact) mass is 1350 g/mol. The predicted octanol–water partition coefficient (Wildman–Crippen LogP) is 7.31. The Labute approximate surface area is 560 Å². The van der Waals surface area contributed by atoms with Crippen LogP contribution in [-0.2, 0) is 80.8 Å². The second-order valence-corrected chi connectivity index (χ2v) is 29.0. The van der Waals surface area contributed by atoms with Gasteiger partial charge in [0.05, 0.1) is 86.6 Å². The third kappa shape index (κ3) is 14.8. The molecule has 6 heterocycles. The van der Waals surface area contributed by atoms with Crippen molar-refractivity contribution in [3.63, 3.8) is 0 Å². The molecule has 10 aliphatic rings. The lowest BCUT2D eigenvalue weighted by atomic mass is 9.49. The van der Waals surface area contributed by atoms with Gasteiger partial charge in [-0.15, -0.1) is 0 Å². The number of alkyl carbamates (subject to hydrolysis) is 1. The lowest BCUT2D eigenvalue weighted by Gasteiger charge is -2.56. The molecule has 96 heavy (non-hydrogen) atoms. The van der Waals surface area contributed by atoms with E-state index in [0.717, 1.165) is 12.7 Å². The number of Topliss-reactive ketones (excluding diaryl/α,β-unsaturated/α-hetero) is 1. The Hall–Kier alpha value is -5.33. The number of hydrogen-bond donors (Lipinski definition) is 5. The van der Waals surface area contributed by atoms with Crippen molar-refractivity contribution in [2.75, 3.05) is 7.11 Å². The number of rotatable bonds is 15. The highest BCUT2D eigenvalue weighted by Gasteiger charge is 2.65. The molecule has 1 saturated carbocycles.